The quantitative estimate of drug-likeness (QED) is 0.917. The highest BCUT2D eigenvalue weighted by molar-refractivity contribution is 7.90. The predicted octanol–water partition coefficient (Wildman–Crippen LogP) is 1.33. The van der Waals surface area contributed by atoms with E-state index in [9.17, 15) is 13.5 Å². The summed E-state index contributed by atoms with van der Waals surface area (Å²) in [6, 6.07) is 7.54. The van der Waals surface area contributed by atoms with E-state index in [1.807, 2.05) is 31.2 Å². The number of hydrogen-bond donors (Lipinski definition) is 1. The van der Waals surface area contributed by atoms with Crippen LogP contribution in [-0.2, 0) is 16.4 Å². The molecule has 0 aliphatic carbocycles. The summed E-state index contributed by atoms with van der Waals surface area (Å²) in [7, 11) is -3.25. The molecule has 6 heteroatoms. The second-order valence-corrected chi connectivity index (χ2v) is 6.61. The fourth-order valence-corrected chi connectivity index (χ4v) is 2.26. The number of aliphatic hydroxyl groups excluding tert-OH is 1. The minimum absolute atomic E-state index is 0.156. The third-order valence-corrected chi connectivity index (χ3v) is 3.93. The Morgan fingerprint density at radius 3 is 2.47 bits per heavy atom. The molecule has 2 aromatic rings. The Balaban J connectivity index is 2.13. The lowest BCUT2D eigenvalue weighted by Gasteiger charge is -2.11. The molecule has 1 atom stereocenters. The molecule has 1 N–H and O–H groups in total. The second-order valence-electron chi connectivity index (χ2n) is 4.60. The molecule has 0 bridgehead atoms. The second kappa shape index (κ2) is 5.14. The Kier molecular flexibility index (Phi) is 3.73. The average molecular weight is 280 g/mol. The van der Waals surface area contributed by atoms with Crippen molar-refractivity contribution in [3.05, 3.63) is 47.8 Å². The molecule has 1 aromatic carbocycles. The Labute approximate surface area is 112 Å². The van der Waals surface area contributed by atoms with Gasteiger partial charge >= 0.3 is 0 Å². The predicted molar refractivity (Wildman–Crippen MR) is 71.5 cm³/mol. The Bertz CT molecular complexity index is 659. The number of hydrogen-bond acceptors (Lipinski definition) is 4. The van der Waals surface area contributed by atoms with Crippen molar-refractivity contribution in [2.24, 2.45) is 0 Å². The monoisotopic (exact) mass is 280 g/mol. The number of aromatic nitrogens is 2. The summed E-state index contributed by atoms with van der Waals surface area (Å²) in [5.41, 5.74) is 1.90. The molecule has 0 fully saturated rings. The van der Waals surface area contributed by atoms with Gasteiger partial charge in [-0.15, -0.1) is 0 Å². The van der Waals surface area contributed by atoms with Gasteiger partial charge in [-0.3, -0.25) is 4.68 Å². The maximum Gasteiger partial charge on any atom is 0.178 e. The van der Waals surface area contributed by atoms with E-state index >= 15 is 0 Å². The maximum atomic E-state index is 11.3. The summed E-state index contributed by atoms with van der Waals surface area (Å²) in [5.74, 6) is 0. The summed E-state index contributed by atoms with van der Waals surface area (Å²) in [6.45, 7) is 2.20. The molecule has 0 saturated heterocycles. The molecule has 19 heavy (non-hydrogen) atoms. The van der Waals surface area contributed by atoms with Crippen molar-refractivity contribution < 1.29 is 13.5 Å². The highest BCUT2D eigenvalue weighted by Crippen LogP contribution is 2.16. The van der Waals surface area contributed by atoms with E-state index in [2.05, 4.69) is 5.10 Å². The lowest BCUT2D eigenvalue weighted by atomic mass is 10.1. The Hall–Kier alpha value is -1.66. The third kappa shape index (κ3) is 3.42. The van der Waals surface area contributed by atoms with E-state index in [1.54, 1.807) is 0 Å². The standard InChI is InChI=1S/C13H16N2O3S/c1-10-3-5-11(6-4-10)13(16)9-15-8-12(7-14-15)19(2,17)18/h3-8,13,16H,9H2,1-2H3. The van der Waals surface area contributed by atoms with Crippen LogP contribution in [0.25, 0.3) is 0 Å². The molecule has 0 radical (unpaired) electrons. The zero-order chi connectivity index (χ0) is 14.0. The van der Waals surface area contributed by atoms with Gasteiger partial charge in [-0.1, -0.05) is 29.8 Å². The van der Waals surface area contributed by atoms with Crippen LogP contribution in [0, 0.1) is 6.92 Å². The van der Waals surface area contributed by atoms with E-state index in [-0.39, 0.29) is 11.4 Å². The maximum absolute atomic E-state index is 11.3. The topological polar surface area (TPSA) is 72.2 Å². The van der Waals surface area contributed by atoms with E-state index in [1.165, 1.54) is 17.1 Å². The van der Waals surface area contributed by atoms with Crippen LogP contribution in [0.2, 0.25) is 0 Å². The van der Waals surface area contributed by atoms with Crippen molar-refractivity contribution in [3.63, 3.8) is 0 Å². The first-order chi connectivity index (χ1) is 8.86. The number of sulfone groups is 1. The summed E-state index contributed by atoms with van der Waals surface area (Å²) < 4.78 is 24.1. The molecular weight excluding hydrogens is 264 g/mol. The van der Waals surface area contributed by atoms with Crippen LogP contribution in [-0.4, -0.2) is 29.6 Å². The van der Waals surface area contributed by atoms with E-state index in [4.69, 9.17) is 0 Å². The number of aryl methyl sites for hydroxylation is 1. The molecule has 0 spiro atoms. The van der Waals surface area contributed by atoms with Crippen LogP contribution in [0.3, 0.4) is 0 Å². The minimum Gasteiger partial charge on any atom is -0.386 e. The average Bonchev–Trinajstić information content (AvgIpc) is 2.78. The SMILES string of the molecule is Cc1ccc(C(O)Cn2cc(S(C)(=O)=O)cn2)cc1. The van der Waals surface area contributed by atoms with Crippen LogP contribution in [0.4, 0.5) is 0 Å². The van der Waals surface area contributed by atoms with Crippen molar-refractivity contribution in [2.75, 3.05) is 6.26 Å². The van der Waals surface area contributed by atoms with Gasteiger partial charge in [0.25, 0.3) is 0 Å². The summed E-state index contributed by atoms with van der Waals surface area (Å²) >= 11 is 0. The van der Waals surface area contributed by atoms with Crippen molar-refractivity contribution in [1.82, 2.24) is 9.78 Å². The van der Waals surface area contributed by atoms with Crippen LogP contribution in [0.15, 0.2) is 41.6 Å². The first-order valence-corrected chi connectivity index (χ1v) is 7.72. The molecule has 102 valence electrons. The van der Waals surface area contributed by atoms with Gasteiger partial charge < -0.3 is 5.11 Å². The van der Waals surface area contributed by atoms with Gasteiger partial charge in [-0.2, -0.15) is 5.10 Å². The van der Waals surface area contributed by atoms with Crippen LogP contribution >= 0.6 is 0 Å². The molecule has 0 aliphatic rings. The number of nitrogens with zero attached hydrogens (tertiary/aromatic N) is 2. The van der Waals surface area contributed by atoms with Gasteiger partial charge in [-0.05, 0) is 12.5 Å². The van der Waals surface area contributed by atoms with E-state index in [0.29, 0.717) is 0 Å². The first-order valence-electron chi connectivity index (χ1n) is 5.83. The smallest absolute Gasteiger partial charge is 0.178 e. The zero-order valence-electron chi connectivity index (χ0n) is 10.8. The van der Waals surface area contributed by atoms with Crippen molar-refractivity contribution in [3.8, 4) is 0 Å². The van der Waals surface area contributed by atoms with Gasteiger partial charge in [-0.25, -0.2) is 8.42 Å². The summed E-state index contributed by atoms with van der Waals surface area (Å²) in [6.07, 6.45) is 3.13. The molecule has 5 nitrogen and oxygen atoms in total. The third-order valence-electron chi connectivity index (χ3n) is 2.86. The lowest BCUT2D eigenvalue weighted by molar-refractivity contribution is 0.151. The molecule has 2 rings (SSSR count). The highest BCUT2D eigenvalue weighted by atomic mass is 32.2. The number of benzene rings is 1. The summed E-state index contributed by atoms with van der Waals surface area (Å²) in [4.78, 5) is 0.156. The van der Waals surface area contributed by atoms with Gasteiger partial charge in [0.2, 0.25) is 0 Å². The van der Waals surface area contributed by atoms with E-state index in [0.717, 1.165) is 17.4 Å². The van der Waals surface area contributed by atoms with Gasteiger partial charge in [0.1, 0.15) is 4.90 Å². The fourth-order valence-electron chi connectivity index (χ4n) is 1.71. The minimum atomic E-state index is -3.25. The normalized spacial score (nSPS) is 13.4. The molecule has 1 heterocycles. The molecule has 0 aliphatic heterocycles. The largest absolute Gasteiger partial charge is 0.386 e. The van der Waals surface area contributed by atoms with Gasteiger partial charge in [0.05, 0.1) is 18.8 Å². The first kappa shape index (κ1) is 13.8. The number of rotatable bonds is 4. The summed E-state index contributed by atoms with van der Waals surface area (Å²) in [5, 5.41) is 14.0. The molecular formula is C13H16N2O3S. The Morgan fingerprint density at radius 2 is 1.95 bits per heavy atom. The van der Waals surface area contributed by atoms with Crippen molar-refractivity contribution in [1.29, 1.82) is 0 Å². The van der Waals surface area contributed by atoms with Crippen LogP contribution in [0.1, 0.15) is 17.2 Å². The zero-order valence-corrected chi connectivity index (χ0v) is 11.6. The van der Waals surface area contributed by atoms with Gasteiger partial charge in [0, 0.05) is 12.5 Å². The highest BCUT2D eigenvalue weighted by Gasteiger charge is 2.13. The van der Waals surface area contributed by atoms with Crippen LogP contribution in [0.5, 0.6) is 0 Å². The molecule has 0 amide bonds. The molecule has 0 saturated carbocycles. The molecule has 1 unspecified atom stereocenters. The van der Waals surface area contributed by atoms with Gasteiger partial charge in [0.15, 0.2) is 9.84 Å². The fraction of sp³-hybridized carbons (Fsp3) is 0.308. The van der Waals surface area contributed by atoms with E-state index < -0.39 is 15.9 Å². The Morgan fingerprint density at radius 1 is 1.32 bits per heavy atom. The van der Waals surface area contributed by atoms with Crippen molar-refractivity contribution in [2.45, 2.75) is 24.5 Å². The molecule has 1 aromatic heterocycles. The van der Waals surface area contributed by atoms with Crippen molar-refractivity contribution >= 4 is 9.84 Å². The lowest BCUT2D eigenvalue weighted by Crippen LogP contribution is -2.09. The van der Waals surface area contributed by atoms with Crippen LogP contribution < -0.4 is 0 Å². The number of aliphatic hydroxyl groups is 1.